The summed E-state index contributed by atoms with van der Waals surface area (Å²) in [5, 5.41) is 7.47. The van der Waals surface area contributed by atoms with Gasteiger partial charge in [-0.05, 0) is 19.5 Å². The summed E-state index contributed by atoms with van der Waals surface area (Å²) in [5.74, 6) is 2.59. The van der Waals surface area contributed by atoms with E-state index in [4.69, 9.17) is 9.26 Å². The number of rotatable bonds is 5. The summed E-state index contributed by atoms with van der Waals surface area (Å²) < 4.78 is 11.2. The van der Waals surface area contributed by atoms with Crippen LogP contribution in [0.4, 0.5) is 0 Å². The van der Waals surface area contributed by atoms with Crippen LogP contribution >= 0.6 is 0 Å². The van der Waals surface area contributed by atoms with E-state index in [1.165, 1.54) is 0 Å². The monoisotopic (exact) mass is 287 g/mol. The summed E-state index contributed by atoms with van der Waals surface area (Å²) in [5.41, 5.74) is 1.14. The highest BCUT2D eigenvalue weighted by Crippen LogP contribution is 2.37. The number of benzene rings is 1. The lowest BCUT2D eigenvalue weighted by molar-refractivity contribution is 0.316. The Morgan fingerprint density at radius 2 is 2.19 bits per heavy atom. The molecule has 2 heterocycles. The van der Waals surface area contributed by atoms with Gasteiger partial charge in [-0.25, -0.2) is 0 Å². The minimum Gasteiger partial charge on any atom is -0.492 e. The molecule has 5 heteroatoms. The van der Waals surface area contributed by atoms with E-state index in [9.17, 15) is 0 Å². The largest absolute Gasteiger partial charge is 0.492 e. The number of para-hydroxylation sites is 1. The van der Waals surface area contributed by atoms with Gasteiger partial charge in [-0.1, -0.05) is 37.2 Å². The fourth-order valence-corrected chi connectivity index (χ4v) is 2.93. The van der Waals surface area contributed by atoms with E-state index in [1.807, 2.05) is 25.2 Å². The van der Waals surface area contributed by atoms with Gasteiger partial charge in [-0.2, -0.15) is 4.98 Å². The zero-order valence-corrected chi connectivity index (χ0v) is 12.7. The highest BCUT2D eigenvalue weighted by Gasteiger charge is 2.31. The highest BCUT2D eigenvalue weighted by atomic mass is 16.5. The van der Waals surface area contributed by atoms with E-state index >= 15 is 0 Å². The third kappa shape index (κ3) is 2.53. The Morgan fingerprint density at radius 1 is 1.38 bits per heavy atom. The van der Waals surface area contributed by atoms with Crippen LogP contribution in [0.2, 0.25) is 0 Å². The van der Waals surface area contributed by atoms with Gasteiger partial charge < -0.3 is 14.6 Å². The van der Waals surface area contributed by atoms with Crippen molar-refractivity contribution in [1.82, 2.24) is 15.5 Å². The molecule has 2 aromatic rings. The van der Waals surface area contributed by atoms with Gasteiger partial charge in [0.1, 0.15) is 12.4 Å². The van der Waals surface area contributed by atoms with E-state index in [2.05, 4.69) is 35.4 Å². The van der Waals surface area contributed by atoms with E-state index in [1.54, 1.807) is 0 Å². The van der Waals surface area contributed by atoms with Crippen LogP contribution in [0.5, 0.6) is 5.75 Å². The van der Waals surface area contributed by atoms with E-state index in [0.717, 1.165) is 17.7 Å². The zero-order chi connectivity index (χ0) is 14.8. The Hall–Kier alpha value is -1.88. The number of nitrogens with one attached hydrogen (secondary N) is 1. The number of hydrogen-bond donors (Lipinski definition) is 1. The quantitative estimate of drug-likeness (QED) is 0.916. The first-order valence-corrected chi connectivity index (χ1v) is 7.47. The maximum absolute atomic E-state index is 5.69. The van der Waals surface area contributed by atoms with Gasteiger partial charge in [0.2, 0.25) is 5.89 Å². The first-order chi connectivity index (χ1) is 10.2. The van der Waals surface area contributed by atoms with Gasteiger partial charge in [0.05, 0.1) is 11.8 Å². The van der Waals surface area contributed by atoms with Crippen LogP contribution in [0.3, 0.4) is 0 Å². The first-order valence-electron chi connectivity index (χ1n) is 7.47. The number of ether oxygens (including phenoxy) is 1. The number of aromatic nitrogens is 2. The van der Waals surface area contributed by atoms with Gasteiger partial charge in [0, 0.05) is 11.6 Å². The molecule has 21 heavy (non-hydrogen) atoms. The van der Waals surface area contributed by atoms with Crippen LogP contribution < -0.4 is 10.1 Å². The Morgan fingerprint density at radius 3 is 2.95 bits per heavy atom. The number of nitrogens with zero attached hydrogens (tertiary/aromatic N) is 2. The van der Waals surface area contributed by atoms with Crippen LogP contribution in [0.15, 0.2) is 28.8 Å². The van der Waals surface area contributed by atoms with Crippen LogP contribution in [0.25, 0.3) is 0 Å². The highest BCUT2D eigenvalue weighted by molar-refractivity contribution is 5.42. The molecule has 1 aliphatic rings. The molecule has 0 fully saturated rings. The van der Waals surface area contributed by atoms with Crippen LogP contribution in [-0.2, 0) is 0 Å². The molecule has 3 atom stereocenters. The molecule has 0 bridgehead atoms. The molecule has 1 N–H and O–H groups in total. The van der Waals surface area contributed by atoms with Gasteiger partial charge >= 0.3 is 0 Å². The molecule has 0 radical (unpaired) electrons. The molecule has 5 nitrogen and oxygen atoms in total. The average Bonchev–Trinajstić information content (AvgIpc) is 3.14. The van der Waals surface area contributed by atoms with Crippen molar-refractivity contribution in [2.45, 2.75) is 38.1 Å². The van der Waals surface area contributed by atoms with E-state index < -0.39 is 0 Å². The molecule has 0 saturated heterocycles. The maximum atomic E-state index is 5.69. The Bertz CT molecular complexity index is 607. The van der Waals surface area contributed by atoms with Crippen molar-refractivity contribution >= 4 is 0 Å². The molecule has 1 aliphatic heterocycles. The molecule has 3 rings (SSSR count). The second-order valence-electron chi connectivity index (χ2n) is 5.48. The van der Waals surface area contributed by atoms with Crippen LogP contribution in [0.1, 0.15) is 49.4 Å². The molecule has 0 amide bonds. The lowest BCUT2D eigenvalue weighted by atomic mass is 9.99. The third-order valence-electron chi connectivity index (χ3n) is 4.27. The second-order valence-corrected chi connectivity index (χ2v) is 5.48. The van der Waals surface area contributed by atoms with Crippen molar-refractivity contribution in [1.29, 1.82) is 0 Å². The molecule has 0 aliphatic carbocycles. The number of fused-ring (bicyclic) bond motifs is 1. The Balaban J connectivity index is 1.83. The predicted octanol–water partition coefficient (Wildman–Crippen LogP) is 2.70. The fraction of sp³-hybridized carbons (Fsp3) is 0.500. The second kappa shape index (κ2) is 5.85. The summed E-state index contributed by atoms with van der Waals surface area (Å²) in [6.45, 7) is 4.84. The molecule has 1 aromatic carbocycles. The average molecular weight is 287 g/mol. The van der Waals surface area contributed by atoms with Crippen molar-refractivity contribution < 1.29 is 9.26 Å². The third-order valence-corrected chi connectivity index (χ3v) is 4.27. The minimum absolute atomic E-state index is 0.0700. The normalized spacial score (nSPS) is 19.9. The van der Waals surface area contributed by atoms with Gasteiger partial charge in [0.25, 0.3) is 0 Å². The summed E-state index contributed by atoms with van der Waals surface area (Å²) in [4.78, 5) is 4.61. The summed E-state index contributed by atoms with van der Waals surface area (Å²) in [6.07, 6.45) is 1.02. The molecular formula is C16H21N3O2. The molecule has 1 aromatic heterocycles. The number of hydrogen-bond acceptors (Lipinski definition) is 5. The van der Waals surface area contributed by atoms with Crippen LogP contribution in [0, 0.1) is 0 Å². The first kappa shape index (κ1) is 14.1. The molecular weight excluding hydrogens is 266 g/mol. The van der Waals surface area contributed by atoms with Crippen molar-refractivity contribution in [2.75, 3.05) is 13.7 Å². The summed E-state index contributed by atoms with van der Waals surface area (Å²) in [6, 6.07) is 8.37. The molecule has 0 saturated carbocycles. The Labute approximate surface area is 124 Å². The molecule has 112 valence electrons. The smallest absolute Gasteiger partial charge is 0.231 e. The maximum Gasteiger partial charge on any atom is 0.231 e. The van der Waals surface area contributed by atoms with E-state index in [-0.39, 0.29) is 11.8 Å². The van der Waals surface area contributed by atoms with Gasteiger partial charge in [-0.3, -0.25) is 0 Å². The minimum atomic E-state index is 0.0700. The topological polar surface area (TPSA) is 60.2 Å². The fourth-order valence-electron chi connectivity index (χ4n) is 2.93. The molecule has 0 spiro atoms. The van der Waals surface area contributed by atoms with Gasteiger partial charge in [0.15, 0.2) is 5.82 Å². The van der Waals surface area contributed by atoms with Gasteiger partial charge in [-0.15, -0.1) is 0 Å². The molecule has 3 unspecified atom stereocenters. The summed E-state index contributed by atoms with van der Waals surface area (Å²) in [7, 11) is 1.96. The lowest BCUT2D eigenvalue weighted by Crippen LogP contribution is -2.30. The predicted molar refractivity (Wildman–Crippen MR) is 79.6 cm³/mol. The Kier molecular flexibility index (Phi) is 3.92. The van der Waals surface area contributed by atoms with Crippen LogP contribution in [-0.4, -0.2) is 29.8 Å². The standard InChI is InChI=1S/C16H21N3O2/c1-4-13(17-3)10(2)16-18-15(19-21-16)12-9-20-14-8-6-5-7-11(12)14/h5-8,10,12-13,17H,4,9H2,1-3H3. The van der Waals surface area contributed by atoms with Crippen molar-refractivity contribution in [3.63, 3.8) is 0 Å². The zero-order valence-electron chi connectivity index (χ0n) is 12.7. The SMILES string of the molecule is CCC(NC)C(C)c1nc(C2COc3ccccc32)no1. The van der Waals surface area contributed by atoms with Crippen molar-refractivity contribution in [3.05, 3.63) is 41.5 Å². The number of likely N-dealkylation sites (N-methyl/N-ethyl adjacent to an activating group) is 1. The van der Waals surface area contributed by atoms with Crippen molar-refractivity contribution in [2.24, 2.45) is 0 Å². The summed E-state index contributed by atoms with van der Waals surface area (Å²) >= 11 is 0. The lowest BCUT2D eigenvalue weighted by Gasteiger charge is -2.18. The van der Waals surface area contributed by atoms with Crippen molar-refractivity contribution in [3.8, 4) is 5.75 Å². The van der Waals surface area contributed by atoms with E-state index in [0.29, 0.717) is 24.4 Å².